The van der Waals surface area contributed by atoms with Crippen molar-refractivity contribution in [1.29, 1.82) is 0 Å². The molecule has 2 nitrogen and oxygen atoms in total. The highest BCUT2D eigenvalue weighted by molar-refractivity contribution is 5.81. The second-order valence-electron chi connectivity index (χ2n) is 3.29. The normalized spacial score (nSPS) is 13.5. The monoisotopic (exact) mass is 157 g/mol. The van der Waals surface area contributed by atoms with E-state index in [1.165, 1.54) is 0 Å². The molecule has 2 heteroatoms. The van der Waals surface area contributed by atoms with Crippen molar-refractivity contribution < 1.29 is 4.79 Å². The summed E-state index contributed by atoms with van der Waals surface area (Å²) in [6, 6.07) is 0.0509. The average molecular weight is 157 g/mol. The minimum Gasteiger partial charge on any atom is -0.307 e. The molecule has 1 N–H and O–H groups in total. The van der Waals surface area contributed by atoms with E-state index in [2.05, 4.69) is 26.1 Å². The molecule has 11 heavy (non-hydrogen) atoms. The van der Waals surface area contributed by atoms with E-state index in [4.69, 9.17) is 0 Å². The van der Waals surface area contributed by atoms with Gasteiger partial charge in [-0.3, -0.25) is 4.79 Å². The van der Waals surface area contributed by atoms with Crippen LogP contribution in [0.5, 0.6) is 0 Å². The molecule has 0 aromatic heterocycles. The van der Waals surface area contributed by atoms with Crippen LogP contribution in [0.1, 0.15) is 34.1 Å². The average Bonchev–Trinajstić information content (AvgIpc) is 1.87. The minimum absolute atomic E-state index is 0.0509. The fourth-order valence-corrected chi connectivity index (χ4v) is 1.15. The number of nitrogens with one attached hydrogen (secondary N) is 1. The zero-order valence-electron chi connectivity index (χ0n) is 7.98. The second kappa shape index (κ2) is 5.30. The predicted octanol–water partition coefficient (Wildman–Crippen LogP) is 1.60. The fourth-order valence-electron chi connectivity index (χ4n) is 1.15. The molecule has 0 heterocycles. The van der Waals surface area contributed by atoms with Crippen LogP contribution in [0, 0.1) is 5.92 Å². The van der Waals surface area contributed by atoms with Gasteiger partial charge < -0.3 is 5.32 Å². The lowest BCUT2D eigenvalue weighted by Crippen LogP contribution is -2.39. The van der Waals surface area contributed by atoms with Crippen molar-refractivity contribution in [3.05, 3.63) is 0 Å². The summed E-state index contributed by atoms with van der Waals surface area (Å²) in [4.78, 5) is 11.0. The van der Waals surface area contributed by atoms with Gasteiger partial charge in [-0.15, -0.1) is 0 Å². The lowest BCUT2D eigenvalue weighted by atomic mass is 10.0. The molecular formula is C9H19NO. The van der Waals surface area contributed by atoms with E-state index < -0.39 is 0 Å². The van der Waals surface area contributed by atoms with Crippen LogP contribution in [-0.4, -0.2) is 18.4 Å². The molecule has 0 amide bonds. The van der Waals surface area contributed by atoms with E-state index in [0.29, 0.717) is 5.92 Å². The van der Waals surface area contributed by atoms with Crippen LogP contribution in [0.4, 0.5) is 0 Å². The number of hydrogen-bond donors (Lipinski definition) is 1. The Bertz CT molecular complexity index is 121. The third-order valence-electron chi connectivity index (χ3n) is 1.72. The summed E-state index contributed by atoms with van der Waals surface area (Å²) in [5, 5.41) is 3.22. The summed E-state index contributed by atoms with van der Waals surface area (Å²) in [7, 11) is 0. The molecule has 0 aliphatic rings. The fraction of sp³-hybridized carbons (Fsp3) is 0.889. The summed E-state index contributed by atoms with van der Waals surface area (Å²) in [6.07, 6.45) is 1.08. The first-order valence-electron chi connectivity index (χ1n) is 4.33. The third kappa shape index (κ3) is 4.14. The van der Waals surface area contributed by atoms with Crippen molar-refractivity contribution >= 4 is 5.78 Å². The highest BCUT2D eigenvalue weighted by Gasteiger charge is 2.16. The van der Waals surface area contributed by atoms with Gasteiger partial charge in [-0.2, -0.15) is 0 Å². The standard InChI is InChI=1S/C9H19NO/c1-5-6-10-9(7(2)3)8(4)11/h7,9-10H,5-6H2,1-4H3/t9-/m0/s1. The van der Waals surface area contributed by atoms with Crippen LogP contribution < -0.4 is 5.32 Å². The molecule has 0 aliphatic carbocycles. The Hall–Kier alpha value is -0.370. The molecule has 0 aliphatic heterocycles. The topological polar surface area (TPSA) is 29.1 Å². The molecule has 66 valence electrons. The van der Waals surface area contributed by atoms with Gasteiger partial charge >= 0.3 is 0 Å². The van der Waals surface area contributed by atoms with Gasteiger partial charge in [0.25, 0.3) is 0 Å². The van der Waals surface area contributed by atoms with Gasteiger partial charge in [0.05, 0.1) is 6.04 Å². The van der Waals surface area contributed by atoms with Crippen LogP contribution in [0.2, 0.25) is 0 Å². The first-order chi connectivity index (χ1) is 5.09. The van der Waals surface area contributed by atoms with Gasteiger partial charge in [0, 0.05) is 0 Å². The Labute approximate surface area is 69.4 Å². The van der Waals surface area contributed by atoms with E-state index in [1.807, 2.05) is 0 Å². The van der Waals surface area contributed by atoms with Crippen molar-refractivity contribution in [2.45, 2.75) is 40.2 Å². The van der Waals surface area contributed by atoms with Crippen molar-refractivity contribution in [3.8, 4) is 0 Å². The van der Waals surface area contributed by atoms with Gasteiger partial charge in [-0.1, -0.05) is 20.8 Å². The van der Waals surface area contributed by atoms with Crippen LogP contribution in [0.3, 0.4) is 0 Å². The summed E-state index contributed by atoms with van der Waals surface area (Å²) in [6.45, 7) is 8.81. The first-order valence-corrected chi connectivity index (χ1v) is 4.33. The quantitative estimate of drug-likeness (QED) is 0.656. The molecule has 1 atom stereocenters. The van der Waals surface area contributed by atoms with E-state index in [-0.39, 0.29) is 11.8 Å². The molecule has 0 aromatic rings. The number of ketones is 1. The molecule has 0 saturated heterocycles. The molecular weight excluding hydrogens is 138 g/mol. The van der Waals surface area contributed by atoms with Gasteiger partial charge in [-0.05, 0) is 25.8 Å². The van der Waals surface area contributed by atoms with Crippen molar-refractivity contribution in [3.63, 3.8) is 0 Å². The lowest BCUT2D eigenvalue weighted by molar-refractivity contribution is -0.119. The Kier molecular flexibility index (Phi) is 5.12. The largest absolute Gasteiger partial charge is 0.307 e. The van der Waals surface area contributed by atoms with E-state index in [0.717, 1.165) is 13.0 Å². The number of carbonyl (C=O) groups excluding carboxylic acids is 1. The molecule has 0 fully saturated rings. The molecule has 0 radical (unpaired) electrons. The molecule has 0 aromatic carbocycles. The maximum atomic E-state index is 11.0. The predicted molar refractivity (Wildman–Crippen MR) is 47.6 cm³/mol. The summed E-state index contributed by atoms with van der Waals surface area (Å²) >= 11 is 0. The van der Waals surface area contributed by atoms with Gasteiger partial charge in [0.1, 0.15) is 5.78 Å². The third-order valence-corrected chi connectivity index (χ3v) is 1.72. The smallest absolute Gasteiger partial charge is 0.146 e. The zero-order valence-corrected chi connectivity index (χ0v) is 7.98. The van der Waals surface area contributed by atoms with Gasteiger partial charge in [-0.25, -0.2) is 0 Å². The van der Waals surface area contributed by atoms with Crippen molar-refractivity contribution in [2.75, 3.05) is 6.54 Å². The number of hydrogen-bond acceptors (Lipinski definition) is 2. The van der Waals surface area contributed by atoms with Crippen molar-refractivity contribution in [1.82, 2.24) is 5.32 Å². The maximum Gasteiger partial charge on any atom is 0.146 e. The minimum atomic E-state index is 0.0509. The molecule has 0 spiro atoms. The van der Waals surface area contributed by atoms with Gasteiger partial charge in [0.15, 0.2) is 0 Å². The number of Topliss-reactive ketones (excluding diaryl/α,β-unsaturated/α-hetero) is 1. The van der Waals surface area contributed by atoms with Gasteiger partial charge in [0.2, 0.25) is 0 Å². The molecule has 0 saturated carbocycles. The summed E-state index contributed by atoms with van der Waals surface area (Å²) in [5.41, 5.74) is 0. The van der Waals surface area contributed by atoms with Crippen LogP contribution >= 0.6 is 0 Å². The molecule has 0 bridgehead atoms. The summed E-state index contributed by atoms with van der Waals surface area (Å²) < 4.78 is 0. The number of carbonyl (C=O) groups is 1. The van der Waals surface area contributed by atoms with E-state index in [1.54, 1.807) is 6.92 Å². The maximum absolute atomic E-state index is 11.0. The first kappa shape index (κ1) is 10.6. The molecule has 0 unspecified atom stereocenters. The second-order valence-corrected chi connectivity index (χ2v) is 3.29. The summed E-state index contributed by atoms with van der Waals surface area (Å²) in [5.74, 6) is 0.646. The van der Waals surface area contributed by atoms with Crippen molar-refractivity contribution in [2.24, 2.45) is 5.92 Å². The van der Waals surface area contributed by atoms with E-state index in [9.17, 15) is 4.79 Å². The highest BCUT2D eigenvalue weighted by atomic mass is 16.1. The Morgan fingerprint density at radius 2 is 2.00 bits per heavy atom. The number of rotatable bonds is 5. The van der Waals surface area contributed by atoms with Crippen LogP contribution in [0.15, 0.2) is 0 Å². The zero-order chi connectivity index (χ0) is 8.85. The van der Waals surface area contributed by atoms with Crippen LogP contribution in [0.25, 0.3) is 0 Å². The highest BCUT2D eigenvalue weighted by Crippen LogP contribution is 2.02. The Balaban J connectivity index is 3.80. The van der Waals surface area contributed by atoms with E-state index >= 15 is 0 Å². The Morgan fingerprint density at radius 3 is 2.27 bits per heavy atom. The lowest BCUT2D eigenvalue weighted by Gasteiger charge is -2.18. The SMILES string of the molecule is CCCN[C@H](C(C)=O)C(C)C. The molecule has 0 rings (SSSR count). The Morgan fingerprint density at radius 1 is 1.45 bits per heavy atom. The van der Waals surface area contributed by atoms with Crippen LogP contribution in [-0.2, 0) is 4.79 Å².